The molecule has 0 fully saturated rings. The predicted octanol–water partition coefficient (Wildman–Crippen LogP) is 4.61. The van der Waals surface area contributed by atoms with Crippen LogP contribution in [0.4, 0.5) is 11.4 Å². The summed E-state index contributed by atoms with van der Waals surface area (Å²) in [5, 5.41) is 17.3. The number of nitro groups is 1. The number of carbonyl (C=O) groups excluding carboxylic acids is 1. The van der Waals surface area contributed by atoms with E-state index in [1.54, 1.807) is 12.1 Å². The number of hydrogen-bond donors (Lipinski definition) is 2. The number of carbonyl (C=O) groups is 1. The highest BCUT2D eigenvalue weighted by Gasteiger charge is 2.22. The Hall–Kier alpha value is -3.38. The predicted molar refractivity (Wildman–Crippen MR) is 114 cm³/mol. The highest BCUT2D eigenvalue weighted by Crippen LogP contribution is 2.27. The first-order valence-corrected chi connectivity index (χ1v) is 9.49. The maximum atomic E-state index is 12.9. The van der Waals surface area contributed by atoms with Crippen molar-refractivity contribution in [3.8, 4) is 0 Å². The van der Waals surface area contributed by atoms with Crippen LogP contribution in [-0.2, 0) is 4.79 Å². The van der Waals surface area contributed by atoms with Gasteiger partial charge in [-0.3, -0.25) is 14.9 Å². The molecule has 0 aliphatic heterocycles. The van der Waals surface area contributed by atoms with Gasteiger partial charge in [0.05, 0.1) is 10.8 Å². The topological polar surface area (TPSA) is 84.3 Å². The molecule has 0 aliphatic carbocycles. The van der Waals surface area contributed by atoms with Gasteiger partial charge in [0.2, 0.25) is 5.91 Å². The molecular formula is C22H20ClN3O3. The van der Waals surface area contributed by atoms with E-state index in [-0.39, 0.29) is 11.6 Å². The van der Waals surface area contributed by atoms with Crippen LogP contribution in [0.1, 0.15) is 17.0 Å². The van der Waals surface area contributed by atoms with Crippen molar-refractivity contribution in [2.45, 2.75) is 5.92 Å². The summed E-state index contributed by atoms with van der Waals surface area (Å²) in [6.07, 6.45) is 0. The summed E-state index contributed by atoms with van der Waals surface area (Å²) in [7, 11) is 0. The van der Waals surface area contributed by atoms with Gasteiger partial charge in [-0.25, -0.2) is 0 Å². The first-order valence-electron chi connectivity index (χ1n) is 9.11. The van der Waals surface area contributed by atoms with Gasteiger partial charge >= 0.3 is 0 Å². The van der Waals surface area contributed by atoms with E-state index >= 15 is 0 Å². The van der Waals surface area contributed by atoms with Crippen LogP contribution in [0.3, 0.4) is 0 Å². The normalized spacial score (nSPS) is 10.6. The summed E-state index contributed by atoms with van der Waals surface area (Å²) in [5.41, 5.74) is 2.06. The van der Waals surface area contributed by atoms with Crippen LogP contribution in [-0.4, -0.2) is 23.9 Å². The number of nitrogens with zero attached hydrogens (tertiary/aromatic N) is 1. The van der Waals surface area contributed by atoms with Gasteiger partial charge in [0.1, 0.15) is 5.69 Å². The Morgan fingerprint density at radius 1 is 0.931 bits per heavy atom. The van der Waals surface area contributed by atoms with Gasteiger partial charge in [-0.15, -0.1) is 0 Å². The second-order valence-electron chi connectivity index (χ2n) is 6.39. The molecule has 6 nitrogen and oxygen atoms in total. The van der Waals surface area contributed by atoms with Gasteiger partial charge in [0, 0.05) is 24.2 Å². The Kier molecular flexibility index (Phi) is 6.81. The molecule has 29 heavy (non-hydrogen) atoms. The van der Waals surface area contributed by atoms with Crippen molar-refractivity contribution in [2.75, 3.05) is 18.4 Å². The number of benzene rings is 3. The lowest BCUT2D eigenvalue weighted by Crippen LogP contribution is -2.33. The molecule has 0 saturated heterocycles. The van der Waals surface area contributed by atoms with Gasteiger partial charge in [-0.05, 0) is 23.3 Å². The second-order valence-corrected chi connectivity index (χ2v) is 6.83. The third kappa shape index (κ3) is 5.33. The third-order valence-corrected chi connectivity index (χ3v) is 4.66. The number of nitro benzene ring substituents is 1. The minimum Gasteiger partial charge on any atom is -0.378 e. The Bertz CT molecular complexity index is 942. The number of anilines is 1. The zero-order valence-electron chi connectivity index (χ0n) is 15.5. The minimum atomic E-state index is -0.492. The van der Waals surface area contributed by atoms with E-state index in [1.165, 1.54) is 6.07 Å². The molecule has 0 aliphatic rings. The largest absolute Gasteiger partial charge is 0.378 e. The SMILES string of the molecule is O=C(NCCNc1ccc(Cl)cc1[N+](=O)[O-])C(c1ccccc1)c1ccccc1. The molecule has 0 unspecified atom stereocenters. The number of hydrogen-bond acceptors (Lipinski definition) is 4. The van der Waals surface area contributed by atoms with Crippen LogP contribution >= 0.6 is 11.6 Å². The highest BCUT2D eigenvalue weighted by atomic mass is 35.5. The molecule has 0 bridgehead atoms. The Morgan fingerprint density at radius 2 is 1.52 bits per heavy atom. The van der Waals surface area contributed by atoms with Gasteiger partial charge in [0.15, 0.2) is 0 Å². The standard InChI is InChI=1S/C22H20ClN3O3/c23-18-11-12-19(20(15-18)26(28)29)24-13-14-25-22(27)21(16-7-3-1-4-8-16)17-9-5-2-6-10-17/h1-12,15,21,24H,13-14H2,(H,25,27). The van der Waals surface area contributed by atoms with Crippen LogP contribution in [0.15, 0.2) is 78.9 Å². The van der Waals surface area contributed by atoms with Gasteiger partial charge in [-0.2, -0.15) is 0 Å². The molecular weight excluding hydrogens is 390 g/mol. The van der Waals surface area contributed by atoms with Crippen molar-refractivity contribution >= 4 is 28.9 Å². The Morgan fingerprint density at radius 3 is 2.07 bits per heavy atom. The highest BCUT2D eigenvalue weighted by molar-refractivity contribution is 6.30. The number of halogens is 1. The molecule has 0 heterocycles. The zero-order chi connectivity index (χ0) is 20.6. The first-order chi connectivity index (χ1) is 14.1. The number of nitrogens with one attached hydrogen (secondary N) is 2. The molecule has 1 amide bonds. The summed E-state index contributed by atoms with van der Waals surface area (Å²) in [5.74, 6) is -0.558. The maximum Gasteiger partial charge on any atom is 0.293 e. The summed E-state index contributed by atoms with van der Waals surface area (Å²) >= 11 is 5.83. The molecule has 0 aromatic heterocycles. The number of amides is 1. The second kappa shape index (κ2) is 9.71. The fraction of sp³-hybridized carbons (Fsp3) is 0.136. The molecule has 0 radical (unpaired) electrons. The van der Waals surface area contributed by atoms with E-state index in [9.17, 15) is 14.9 Å². The van der Waals surface area contributed by atoms with Gasteiger partial charge < -0.3 is 10.6 Å². The first kappa shape index (κ1) is 20.4. The van der Waals surface area contributed by atoms with E-state index in [1.807, 2.05) is 60.7 Å². The van der Waals surface area contributed by atoms with E-state index in [4.69, 9.17) is 11.6 Å². The van der Waals surface area contributed by atoms with E-state index in [0.717, 1.165) is 11.1 Å². The summed E-state index contributed by atoms with van der Waals surface area (Å²) < 4.78 is 0. The lowest BCUT2D eigenvalue weighted by Gasteiger charge is -2.18. The molecule has 0 saturated carbocycles. The van der Waals surface area contributed by atoms with Crippen LogP contribution < -0.4 is 10.6 Å². The lowest BCUT2D eigenvalue weighted by molar-refractivity contribution is -0.383. The van der Waals surface area contributed by atoms with Crippen LogP contribution in [0.5, 0.6) is 0 Å². The van der Waals surface area contributed by atoms with Gasteiger partial charge in [-0.1, -0.05) is 72.3 Å². The van der Waals surface area contributed by atoms with Crippen molar-refractivity contribution in [1.82, 2.24) is 5.32 Å². The molecule has 7 heteroatoms. The number of rotatable bonds is 8. The van der Waals surface area contributed by atoms with Crippen LogP contribution in [0.25, 0.3) is 0 Å². The molecule has 3 aromatic rings. The lowest BCUT2D eigenvalue weighted by atomic mass is 9.90. The minimum absolute atomic E-state index is 0.102. The average molecular weight is 410 g/mol. The summed E-state index contributed by atoms with van der Waals surface area (Å²) in [6.45, 7) is 0.652. The fourth-order valence-electron chi connectivity index (χ4n) is 3.08. The molecule has 0 atom stereocenters. The Labute approximate surface area is 173 Å². The van der Waals surface area contributed by atoms with Crippen molar-refractivity contribution in [3.63, 3.8) is 0 Å². The monoisotopic (exact) mass is 409 g/mol. The van der Waals surface area contributed by atoms with Crippen molar-refractivity contribution in [2.24, 2.45) is 0 Å². The van der Waals surface area contributed by atoms with Crippen molar-refractivity contribution in [3.05, 3.63) is 105 Å². The van der Waals surface area contributed by atoms with Crippen molar-refractivity contribution < 1.29 is 9.72 Å². The molecule has 148 valence electrons. The third-order valence-electron chi connectivity index (χ3n) is 4.42. The molecule has 3 aromatic carbocycles. The van der Waals surface area contributed by atoms with Crippen molar-refractivity contribution in [1.29, 1.82) is 0 Å². The fourth-order valence-corrected chi connectivity index (χ4v) is 3.24. The van der Waals surface area contributed by atoms with E-state index < -0.39 is 10.8 Å². The quantitative estimate of drug-likeness (QED) is 0.323. The van der Waals surface area contributed by atoms with Crippen LogP contribution in [0.2, 0.25) is 5.02 Å². The summed E-state index contributed by atoms with van der Waals surface area (Å²) in [6, 6.07) is 23.6. The maximum absolute atomic E-state index is 12.9. The van der Waals surface area contributed by atoms with Gasteiger partial charge in [0.25, 0.3) is 5.69 Å². The Balaban J connectivity index is 1.65. The summed E-state index contributed by atoms with van der Waals surface area (Å²) in [4.78, 5) is 23.6. The van der Waals surface area contributed by atoms with E-state index in [0.29, 0.717) is 23.8 Å². The molecule has 0 spiro atoms. The zero-order valence-corrected chi connectivity index (χ0v) is 16.3. The van der Waals surface area contributed by atoms with Crippen LogP contribution in [0, 0.1) is 10.1 Å². The van der Waals surface area contributed by atoms with E-state index in [2.05, 4.69) is 10.6 Å². The smallest absolute Gasteiger partial charge is 0.293 e. The molecule has 3 rings (SSSR count). The average Bonchev–Trinajstić information content (AvgIpc) is 2.73. The molecule has 2 N–H and O–H groups in total.